The van der Waals surface area contributed by atoms with Crippen LogP contribution in [-0.2, 0) is 19.6 Å². The number of nitrogens with one attached hydrogen (secondary N) is 2. The number of anilines is 2. The van der Waals surface area contributed by atoms with Gasteiger partial charge in [0.2, 0.25) is 15.9 Å². The van der Waals surface area contributed by atoms with E-state index in [1.54, 1.807) is 30.3 Å². The molecule has 0 aliphatic heterocycles. The van der Waals surface area contributed by atoms with E-state index in [-0.39, 0.29) is 22.7 Å². The molecule has 2 rings (SSSR count). The summed E-state index contributed by atoms with van der Waals surface area (Å²) >= 11 is 0. The molecule has 0 heterocycles. The number of carbonyl (C=O) groups is 2. The van der Waals surface area contributed by atoms with Crippen LogP contribution in [0.4, 0.5) is 11.4 Å². The fraction of sp³-hybridized carbons (Fsp3) is 0.333. The first-order valence-electron chi connectivity index (χ1n) is 9.57. The smallest absolute Gasteiger partial charge is 0.253 e. The van der Waals surface area contributed by atoms with Gasteiger partial charge in [0, 0.05) is 19.7 Å². The van der Waals surface area contributed by atoms with E-state index in [0.717, 1.165) is 10.6 Å². The maximum absolute atomic E-state index is 12.8. The molecule has 0 aliphatic carbocycles. The second-order valence-electron chi connectivity index (χ2n) is 6.65. The van der Waals surface area contributed by atoms with E-state index < -0.39 is 28.4 Å². The molecule has 2 amide bonds. The molecule has 0 saturated carbocycles. The Morgan fingerprint density at radius 2 is 1.75 bits per heavy atom. The fourth-order valence-electron chi connectivity index (χ4n) is 2.84. The lowest BCUT2D eigenvalue weighted by atomic mass is 10.1. The van der Waals surface area contributed by atoms with Crippen LogP contribution in [0.3, 0.4) is 0 Å². The summed E-state index contributed by atoms with van der Waals surface area (Å²) in [5, 5.41) is 5.29. The standard InChI is InChI=1S/C21H27N3O7S/c1-29-12-11-22-21(26)16-7-5-6-8-17(16)23-20(25)14-24(32(4,27)28)18-10-9-15(30-2)13-19(18)31-3/h5-10,13H,11-12,14H2,1-4H3,(H,22,26)(H,23,25). The van der Waals surface area contributed by atoms with E-state index in [0.29, 0.717) is 18.9 Å². The predicted molar refractivity (Wildman–Crippen MR) is 121 cm³/mol. The zero-order chi connectivity index (χ0) is 23.7. The second-order valence-corrected chi connectivity index (χ2v) is 8.56. The SMILES string of the molecule is COCCNC(=O)c1ccccc1NC(=O)CN(c1ccc(OC)cc1OC)S(C)(=O)=O. The molecule has 2 aromatic carbocycles. The Morgan fingerprint density at radius 1 is 1.03 bits per heavy atom. The molecule has 2 N–H and O–H groups in total. The molecule has 0 radical (unpaired) electrons. The Morgan fingerprint density at radius 3 is 2.38 bits per heavy atom. The summed E-state index contributed by atoms with van der Waals surface area (Å²) in [6, 6.07) is 11.0. The maximum Gasteiger partial charge on any atom is 0.253 e. The lowest BCUT2D eigenvalue weighted by Crippen LogP contribution is -2.38. The van der Waals surface area contributed by atoms with Crippen molar-refractivity contribution in [2.75, 3.05) is 56.9 Å². The number of sulfonamides is 1. The lowest BCUT2D eigenvalue weighted by molar-refractivity contribution is -0.114. The minimum absolute atomic E-state index is 0.177. The van der Waals surface area contributed by atoms with Crippen LogP contribution < -0.4 is 24.4 Å². The van der Waals surface area contributed by atoms with Gasteiger partial charge in [-0.15, -0.1) is 0 Å². The molecule has 2 aromatic rings. The van der Waals surface area contributed by atoms with Gasteiger partial charge < -0.3 is 24.8 Å². The van der Waals surface area contributed by atoms with E-state index >= 15 is 0 Å². The van der Waals surface area contributed by atoms with E-state index in [1.165, 1.54) is 33.5 Å². The van der Waals surface area contributed by atoms with Crippen molar-refractivity contribution >= 4 is 33.2 Å². The van der Waals surface area contributed by atoms with Crippen molar-refractivity contribution in [3.63, 3.8) is 0 Å². The number of nitrogens with zero attached hydrogens (tertiary/aromatic N) is 1. The number of hydrogen-bond acceptors (Lipinski definition) is 7. The van der Waals surface area contributed by atoms with Crippen molar-refractivity contribution in [1.82, 2.24) is 5.32 Å². The Kier molecular flexibility index (Phi) is 8.85. The summed E-state index contributed by atoms with van der Waals surface area (Å²) < 4.78 is 41.1. The summed E-state index contributed by atoms with van der Waals surface area (Å²) in [6.07, 6.45) is 0.987. The van der Waals surface area contributed by atoms with Crippen molar-refractivity contribution in [2.45, 2.75) is 0 Å². The summed E-state index contributed by atoms with van der Waals surface area (Å²) in [4.78, 5) is 25.2. The first kappa shape index (κ1) is 25.0. The molecule has 0 spiro atoms. The number of para-hydroxylation sites is 1. The van der Waals surface area contributed by atoms with Crippen LogP contribution >= 0.6 is 0 Å². The number of rotatable bonds is 11. The van der Waals surface area contributed by atoms with Gasteiger partial charge in [-0.1, -0.05) is 12.1 Å². The van der Waals surface area contributed by atoms with Crippen molar-refractivity contribution < 1.29 is 32.2 Å². The second kappa shape index (κ2) is 11.3. The van der Waals surface area contributed by atoms with Gasteiger partial charge in [-0.25, -0.2) is 8.42 Å². The molecular weight excluding hydrogens is 438 g/mol. The molecule has 174 valence electrons. The van der Waals surface area contributed by atoms with Crippen LogP contribution in [0.1, 0.15) is 10.4 Å². The summed E-state index contributed by atoms with van der Waals surface area (Å²) in [5.74, 6) is -0.336. The van der Waals surface area contributed by atoms with Gasteiger partial charge in [-0.2, -0.15) is 0 Å². The quantitative estimate of drug-likeness (QED) is 0.482. The number of carbonyl (C=O) groups excluding carboxylic acids is 2. The van der Waals surface area contributed by atoms with Crippen LogP contribution in [0.5, 0.6) is 11.5 Å². The van der Waals surface area contributed by atoms with Crippen LogP contribution in [0.15, 0.2) is 42.5 Å². The van der Waals surface area contributed by atoms with Gasteiger partial charge in [0.1, 0.15) is 18.0 Å². The first-order valence-corrected chi connectivity index (χ1v) is 11.4. The van der Waals surface area contributed by atoms with E-state index in [4.69, 9.17) is 14.2 Å². The van der Waals surface area contributed by atoms with Crippen LogP contribution in [0, 0.1) is 0 Å². The van der Waals surface area contributed by atoms with Gasteiger partial charge in [0.05, 0.1) is 44.0 Å². The Hall–Kier alpha value is -3.31. The van der Waals surface area contributed by atoms with E-state index in [9.17, 15) is 18.0 Å². The van der Waals surface area contributed by atoms with Gasteiger partial charge >= 0.3 is 0 Å². The first-order chi connectivity index (χ1) is 15.2. The maximum atomic E-state index is 12.8. The van der Waals surface area contributed by atoms with Crippen molar-refractivity contribution in [3.8, 4) is 11.5 Å². The van der Waals surface area contributed by atoms with Crippen LogP contribution in [0.25, 0.3) is 0 Å². The molecule has 0 saturated heterocycles. The number of benzene rings is 2. The molecule has 0 fully saturated rings. The molecule has 10 nitrogen and oxygen atoms in total. The van der Waals surface area contributed by atoms with Gasteiger partial charge in [-0.05, 0) is 24.3 Å². The third kappa shape index (κ3) is 6.59. The van der Waals surface area contributed by atoms with Crippen molar-refractivity contribution in [2.24, 2.45) is 0 Å². The average Bonchev–Trinajstić information content (AvgIpc) is 2.76. The zero-order valence-electron chi connectivity index (χ0n) is 18.4. The predicted octanol–water partition coefficient (Wildman–Crippen LogP) is 1.48. The highest BCUT2D eigenvalue weighted by atomic mass is 32.2. The van der Waals surface area contributed by atoms with Crippen molar-refractivity contribution in [1.29, 1.82) is 0 Å². The van der Waals surface area contributed by atoms with Crippen LogP contribution in [-0.4, -0.2) is 67.5 Å². The monoisotopic (exact) mass is 465 g/mol. The topological polar surface area (TPSA) is 123 Å². The minimum Gasteiger partial charge on any atom is -0.497 e. The molecule has 0 unspecified atom stereocenters. The average molecular weight is 466 g/mol. The normalized spacial score (nSPS) is 10.9. The Labute approximate surface area is 187 Å². The number of methoxy groups -OCH3 is 3. The largest absolute Gasteiger partial charge is 0.497 e. The Bertz CT molecular complexity index is 1060. The molecule has 0 aliphatic rings. The lowest BCUT2D eigenvalue weighted by Gasteiger charge is -2.24. The van der Waals surface area contributed by atoms with Gasteiger partial charge in [-0.3, -0.25) is 13.9 Å². The number of amides is 2. The number of ether oxygens (including phenoxy) is 3. The van der Waals surface area contributed by atoms with E-state index in [1.807, 2.05) is 0 Å². The molecule has 0 atom stereocenters. The molecule has 11 heteroatoms. The van der Waals surface area contributed by atoms with Gasteiger partial charge in [0.15, 0.2) is 0 Å². The highest BCUT2D eigenvalue weighted by molar-refractivity contribution is 7.92. The van der Waals surface area contributed by atoms with Gasteiger partial charge in [0.25, 0.3) is 5.91 Å². The molecule has 0 aromatic heterocycles. The Balaban J connectivity index is 2.26. The summed E-state index contributed by atoms with van der Waals surface area (Å²) in [6.45, 7) is 0.116. The van der Waals surface area contributed by atoms with Crippen molar-refractivity contribution in [3.05, 3.63) is 48.0 Å². The fourth-order valence-corrected chi connectivity index (χ4v) is 3.70. The third-order valence-corrected chi connectivity index (χ3v) is 5.51. The highest BCUT2D eigenvalue weighted by Gasteiger charge is 2.25. The van der Waals surface area contributed by atoms with E-state index in [2.05, 4.69) is 10.6 Å². The summed E-state index contributed by atoms with van der Waals surface area (Å²) in [7, 11) is 0.537. The zero-order valence-corrected chi connectivity index (χ0v) is 19.2. The molecular formula is C21H27N3O7S. The summed E-state index contributed by atoms with van der Waals surface area (Å²) in [5.41, 5.74) is 0.670. The highest BCUT2D eigenvalue weighted by Crippen LogP contribution is 2.33. The number of hydrogen-bond donors (Lipinski definition) is 2. The molecule has 0 bridgehead atoms. The molecule has 32 heavy (non-hydrogen) atoms. The minimum atomic E-state index is -3.84. The third-order valence-electron chi connectivity index (χ3n) is 4.38. The van der Waals surface area contributed by atoms with Crippen LogP contribution in [0.2, 0.25) is 0 Å².